The number of aromatic nitrogens is 2. The Balaban J connectivity index is 1.64. The van der Waals surface area contributed by atoms with Crippen molar-refractivity contribution in [2.24, 2.45) is 0 Å². The molecule has 1 aromatic carbocycles. The van der Waals surface area contributed by atoms with E-state index < -0.39 is 0 Å². The lowest BCUT2D eigenvalue weighted by Gasteiger charge is -2.01. The first kappa shape index (κ1) is 14.8. The Hall–Kier alpha value is -3.15. The molecule has 0 fully saturated rings. The average molecular weight is 309 g/mol. The first-order valence-corrected chi connectivity index (χ1v) is 7.04. The zero-order valence-corrected chi connectivity index (χ0v) is 12.5. The van der Waals surface area contributed by atoms with Crippen molar-refractivity contribution in [1.29, 1.82) is 0 Å². The summed E-state index contributed by atoms with van der Waals surface area (Å²) in [5.74, 6) is 1.15. The van der Waals surface area contributed by atoms with E-state index in [4.69, 9.17) is 9.26 Å². The molecule has 0 aliphatic rings. The molecule has 0 unspecified atom stereocenters. The Morgan fingerprint density at radius 1 is 1.26 bits per heavy atom. The Kier molecular flexibility index (Phi) is 4.33. The van der Waals surface area contributed by atoms with Crippen molar-refractivity contribution in [3.8, 4) is 17.0 Å². The lowest BCUT2D eigenvalue weighted by Crippen LogP contribution is -2.22. The van der Waals surface area contributed by atoms with E-state index in [2.05, 4.69) is 15.5 Å². The third-order valence-corrected chi connectivity index (χ3v) is 3.29. The molecule has 3 aromatic rings. The molecule has 0 aliphatic heterocycles. The Morgan fingerprint density at radius 3 is 2.78 bits per heavy atom. The van der Waals surface area contributed by atoms with Gasteiger partial charge >= 0.3 is 0 Å². The van der Waals surface area contributed by atoms with E-state index in [9.17, 15) is 4.79 Å². The topological polar surface area (TPSA) is 77.2 Å². The van der Waals surface area contributed by atoms with Crippen molar-refractivity contribution >= 4 is 5.91 Å². The van der Waals surface area contributed by atoms with Gasteiger partial charge in [-0.25, -0.2) is 0 Å². The summed E-state index contributed by atoms with van der Waals surface area (Å²) < 4.78 is 10.4. The number of hydrogen-bond donors (Lipinski definition) is 1. The molecule has 0 aliphatic carbocycles. The van der Waals surface area contributed by atoms with Crippen LogP contribution in [-0.2, 0) is 6.54 Å². The Bertz CT molecular complexity index is 782. The minimum atomic E-state index is -0.208. The second-order valence-electron chi connectivity index (χ2n) is 4.83. The molecule has 0 radical (unpaired) electrons. The normalized spacial score (nSPS) is 10.3. The minimum absolute atomic E-state index is 0.208. The van der Waals surface area contributed by atoms with Gasteiger partial charge in [0.1, 0.15) is 11.4 Å². The average Bonchev–Trinajstić information content (AvgIpc) is 3.09. The van der Waals surface area contributed by atoms with Gasteiger partial charge in [0.15, 0.2) is 5.76 Å². The summed E-state index contributed by atoms with van der Waals surface area (Å²) in [5.41, 5.74) is 2.13. The number of carbonyl (C=O) groups excluding carboxylic acids is 1. The third-order valence-electron chi connectivity index (χ3n) is 3.29. The molecule has 0 spiro atoms. The summed E-state index contributed by atoms with van der Waals surface area (Å²) in [5, 5.41) is 6.78. The van der Waals surface area contributed by atoms with E-state index in [1.807, 2.05) is 24.3 Å². The molecule has 1 N–H and O–H groups in total. The maximum atomic E-state index is 11.9. The van der Waals surface area contributed by atoms with Crippen molar-refractivity contribution in [1.82, 2.24) is 15.5 Å². The van der Waals surface area contributed by atoms with E-state index in [0.717, 1.165) is 11.3 Å². The maximum absolute atomic E-state index is 11.9. The second-order valence-corrected chi connectivity index (χ2v) is 4.83. The van der Waals surface area contributed by atoms with Gasteiger partial charge < -0.3 is 14.6 Å². The van der Waals surface area contributed by atoms with Gasteiger partial charge in [-0.05, 0) is 36.4 Å². The van der Waals surface area contributed by atoms with Gasteiger partial charge in [0.05, 0.1) is 19.2 Å². The smallest absolute Gasteiger partial charge is 0.253 e. The summed E-state index contributed by atoms with van der Waals surface area (Å²) in [6.07, 6.45) is 3.13. The second kappa shape index (κ2) is 6.74. The van der Waals surface area contributed by atoms with Crippen molar-refractivity contribution in [3.05, 3.63) is 66.2 Å². The summed E-state index contributed by atoms with van der Waals surface area (Å²) in [6.45, 7) is 0.261. The van der Waals surface area contributed by atoms with Crippen LogP contribution < -0.4 is 10.1 Å². The van der Waals surface area contributed by atoms with Crippen molar-refractivity contribution in [2.45, 2.75) is 6.54 Å². The number of rotatable bonds is 5. The zero-order chi connectivity index (χ0) is 16.1. The number of hydrogen-bond acceptors (Lipinski definition) is 5. The van der Waals surface area contributed by atoms with Crippen LogP contribution in [0.25, 0.3) is 11.3 Å². The van der Waals surface area contributed by atoms with Crippen LogP contribution >= 0.6 is 0 Å². The van der Waals surface area contributed by atoms with Crippen LogP contribution in [0, 0.1) is 0 Å². The number of amides is 1. The molecule has 2 heterocycles. The predicted octanol–water partition coefficient (Wildman–Crippen LogP) is 2.68. The zero-order valence-electron chi connectivity index (χ0n) is 12.5. The largest absolute Gasteiger partial charge is 0.497 e. The van der Waals surface area contributed by atoms with Gasteiger partial charge in [-0.15, -0.1) is 0 Å². The fourth-order valence-corrected chi connectivity index (χ4v) is 2.06. The van der Waals surface area contributed by atoms with Crippen LogP contribution in [0.3, 0.4) is 0 Å². The van der Waals surface area contributed by atoms with Crippen LogP contribution in [-0.4, -0.2) is 23.2 Å². The van der Waals surface area contributed by atoms with Gasteiger partial charge in [-0.3, -0.25) is 9.78 Å². The molecule has 3 rings (SSSR count). The van der Waals surface area contributed by atoms with Gasteiger partial charge in [-0.2, -0.15) is 0 Å². The van der Waals surface area contributed by atoms with Crippen molar-refractivity contribution < 1.29 is 14.1 Å². The Morgan fingerprint density at radius 2 is 2.09 bits per heavy atom. The van der Waals surface area contributed by atoms with Gasteiger partial charge in [0.25, 0.3) is 5.91 Å². The molecule has 6 heteroatoms. The van der Waals surface area contributed by atoms with E-state index in [1.165, 1.54) is 6.20 Å². The van der Waals surface area contributed by atoms with Crippen molar-refractivity contribution in [2.75, 3.05) is 7.11 Å². The van der Waals surface area contributed by atoms with E-state index >= 15 is 0 Å². The van der Waals surface area contributed by atoms with Crippen LogP contribution in [0.4, 0.5) is 0 Å². The quantitative estimate of drug-likeness (QED) is 0.784. The fraction of sp³-hybridized carbons (Fsp3) is 0.118. The molecule has 2 aromatic heterocycles. The van der Waals surface area contributed by atoms with Gasteiger partial charge in [0, 0.05) is 24.0 Å². The number of nitrogens with zero attached hydrogens (tertiary/aromatic N) is 2. The molecule has 0 bridgehead atoms. The van der Waals surface area contributed by atoms with Crippen molar-refractivity contribution in [3.63, 3.8) is 0 Å². The van der Waals surface area contributed by atoms with E-state index in [-0.39, 0.29) is 12.5 Å². The van der Waals surface area contributed by atoms with Gasteiger partial charge in [-0.1, -0.05) is 5.16 Å². The first-order valence-electron chi connectivity index (χ1n) is 7.04. The molecule has 6 nitrogen and oxygen atoms in total. The molecule has 0 saturated carbocycles. The summed E-state index contributed by atoms with van der Waals surface area (Å²) in [7, 11) is 1.62. The minimum Gasteiger partial charge on any atom is -0.497 e. The lowest BCUT2D eigenvalue weighted by molar-refractivity contribution is 0.0946. The maximum Gasteiger partial charge on any atom is 0.253 e. The predicted molar refractivity (Wildman–Crippen MR) is 83.9 cm³/mol. The molecule has 0 saturated heterocycles. The highest BCUT2D eigenvalue weighted by Gasteiger charge is 2.09. The van der Waals surface area contributed by atoms with E-state index in [0.29, 0.717) is 17.0 Å². The highest BCUT2D eigenvalue weighted by atomic mass is 16.5. The molecule has 116 valence electrons. The van der Waals surface area contributed by atoms with Crippen LogP contribution in [0.1, 0.15) is 16.1 Å². The summed E-state index contributed by atoms with van der Waals surface area (Å²) >= 11 is 0. The molecule has 1 amide bonds. The summed E-state index contributed by atoms with van der Waals surface area (Å²) in [6, 6.07) is 12.7. The summed E-state index contributed by atoms with van der Waals surface area (Å²) in [4.78, 5) is 15.9. The number of benzene rings is 1. The molecule has 0 atom stereocenters. The number of carbonyl (C=O) groups is 1. The molecular weight excluding hydrogens is 294 g/mol. The monoisotopic (exact) mass is 309 g/mol. The SMILES string of the molecule is COc1ccc(-c2cc(CNC(=O)c3cccnc3)on2)cc1. The van der Waals surface area contributed by atoms with Crippen LogP contribution in [0.15, 0.2) is 59.4 Å². The fourth-order valence-electron chi connectivity index (χ4n) is 2.06. The number of ether oxygens (including phenoxy) is 1. The lowest BCUT2D eigenvalue weighted by atomic mass is 10.1. The number of methoxy groups -OCH3 is 1. The number of pyridine rings is 1. The molecule has 23 heavy (non-hydrogen) atoms. The molecular formula is C17H15N3O3. The van der Waals surface area contributed by atoms with E-state index in [1.54, 1.807) is 31.5 Å². The highest BCUT2D eigenvalue weighted by Crippen LogP contribution is 2.22. The highest BCUT2D eigenvalue weighted by molar-refractivity contribution is 5.93. The van der Waals surface area contributed by atoms with Crippen LogP contribution in [0.2, 0.25) is 0 Å². The third kappa shape index (κ3) is 3.55. The number of nitrogens with one attached hydrogen (secondary N) is 1. The van der Waals surface area contributed by atoms with Crippen LogP contribution in [0.5, 0.6) is 5.75 Å². The Labute approximate surface area is 133 Å². The standard InChI is InChI=1S/C17H15N3O3/c1-22-14-6-4-12(5-7-14)16-9-15(23-20-16)11-19-17(21)13-3-2-8-18-10-13/h2-10H,11H2,1H3,(H,19,21). The van der Waals surface area contributed by atoms with Gasteiger partial charge in [0.2, 0.25) is 0 Å². The first-order chi connectivity index (χ1) is 11.3.